The Morgan fingerprint density at radius 2 is 1.80 bits per heavy atom. The van der Waals surface area contributed by atoms with Gasteiger partial charge in [-0.05, 0) is 58.2 Å². The smallest absolute Gasteiger partial charge is 0.0827 e. The van der Waals surface area contributed by atoms with E-state index in [2.05, 4.69) is 15.1 Å². The zero-order valence-electron chi connectivity index (χ0n) is 12.6. The molecule has 0 aromatic heterocycles. The fourth-order valence-electron chi connectivity index (χ4n) is 4.72. The van der Waals surface area contributed by atoms with Crippen LogP contribution < -0.4 is 5.32 Å². The van der Waals surface area contributed by atoms with E-state index in [0.29, 0.717) is 6.10 Å². The molecule has 114 valence electrons. The Kier molecular flexibility index (Phi) is 3.99. The molecule has 4 aliphatic heterocycles. The molecule has 0 spiro atoms. The first kappa shape index (κ1) is 13.5. The lowest BCUT2D eigenvalue weighted by Crippen LogP contribution is -2.52. The van der Waals surface area contributed by atoms with Gasteiger partial charge in [-0.25, -0.2) is 0 Å². The molecule has 4 fully saturated rings. The van der Waals surface area contributed by atoms with E-state index < -0.39 is 0 Å². The van der Waals surface area contributed by atoms with E-state index in [1.807, 2.05) is 0 Å². The minimum absolute atomic E-state index is 0.422. The first-order valence-corrected chi connectivity index (χ1v) is 8.71. The Hall–Kier alpha value is -0.160. The molecule has 4 rings (SSSR count). The van der Waals surface area contributed by atoms with Gasteiger partial charge >= 0.3 is 0 Å². The maximum absolute atomic E-state index is 6.05. The van der Waals surface area contributed by atoms with Crippen LogP contribution in [0.4, 0.5) is 0 Å². The molecule has 0 saturated carbocycles. The molecular weight excluding hydrogens is 250 g/mol. The van der Waals surface area contributed by atoms with Crippen molar-refractivity contribution >= 4 is 0 Å². The summed E-state index contributed by atoms with van der Waals surface area (Å²) in [6.45, 7) is 7.13. The van der Waals surface area contributed by atoms with E-state index in [1.165, 1.54) is 58.2 Å². The highest BCUT2D eigenvalue weighted by Crippen LogP contribution is 2.27. The zero-order chi connectivity index (χ0) is 13.4. The average Bonchev–Trinajstić information content (AvgIpc) is 3.12. The molecule has 0 bridgehead atoms. The molecule has 0 amide bonds. The van der Waals surface area contributed by atoms with Crippen LogP contribution in [0.5, 0.6) is 0 Å². The molecule has 4 saturated heterocycles. The summed E-state index contributed by atoms with van der Waals surface area (Å²) in [4.78, 5) is 5.35. The molecule has 4 aliphatic rings. The standard InChI is InChI=1S/C16H29N3O/c1-3-14-9-13(5-8-18(14)6-1)17-10-16-11-19-7-2-4-15(19)12-20-16/h13-17H,1-12H2. The molecule has 4 atom stereocenters. The van der Waals surface area contributed by atoms with Crippen molar-refractivity contribution in [1.29, 1.82) is 0 Å². The van der Waals surface area contributed by atoms with Gasteiger partial charge in [0.05, 0.1) is 12.7 Å². The van der Waals surface area contributed by atoms with E-state index in [1.54, 1.807) is 0 Å². The van der Waals surface area contributed by atoms with Crippen LogP contribution in [0.3, 0.4) is 0 Å². The highest BCUT2D eigenvalue weighted by atomic mass is 16.5. The van der Waals surface area contributed by atoms with Crippen molar-refractivity contribution in [2.24, 2.45) is 0 Å². The number of nitrogens with zero attached hydrogens (tertiary/aromatic N) is 2. The summed E-state index contributed by atoms with van der Waals surface area (Å²) >= 11 is 0. The van der Waals surface area contributed by atoms with Crippen molar-refractivity contribution in [3.8, 4) is 0 Å². The van der Waals surface area contributed by atoms with Crippen LogP contribution >= 0.6 is 0 Å². The summed E-state index contributed by atoms with van der Waals surface area (Å²) in [6.07, 6.45) is 8.67. The molecule has 1 N–H and O–H groups in total. The predicted octanol–water partition coefficient (Wildman–Crippen LogP) is 1.07. The van der Waals surface area contributed by atoms with Crippen LogP contribution in [-0.4, -0.2) is 73.4 Å². The van der Waals surface area contributed by atoms with Gasteiger partial charge in [0.1, 0.15) is 0 Å². The van der Waals surface area contributed by atoms with Gasteiger partial charge in [-0.2, -0.15) is 0 Å². The van der Waals surface area contributed by atoms with Gasteiger partial charge in [0.2, 0.25) is 0 Å². The maximum atomic E-state index is 6.05. The van der Waals surface area contributed by atoms with E-state index in [0.717, 1.165) is 37.8 Å². The number of fused-ring (bicyclic) bond motifs is 2. The van der Waals surface area contributed by atoms with Crippen molar-refractivity contribution in [3.63, 3.8) is 0 Å². The summed E-state index contributed by atoms with van der Waals surface area (Å²) in [5, 5.41) is 3.81. The fraction of sp³-hybridized carbons (Fsp3) is 1.00. The summed E-state index contributed by atoms with van der Waals surface area (Å²) in [6, 6.07) is 2.33. The molecule has 4 heteroatoms. The highest BCUT2D eigenvalue weighted by molar-refractivity contribution is 4.91. The Morgan fingerprint density at radius 1 is 0.950 bits per heavy atom. The monoisotopic (exact) mass is 279 g/mol. The Bertz CT molecular complexity index is 306. The van der Waals surface area contributed by atoms with Crippen molar-refractivity contribution in [2.75, 3.05) is 39.3 Å². The van der Waals surface area contributed by atoms with Crippen molar-refractivity contribution in [3.05, 3.63) is 0 Å². The molecule has 0 radical (unpaired) electrons. The summed E-state index contributed by atoms with van der Waals surface area (Å²) in [5.74, 6) is 0. The molecule has 4 heterocycles. The molecular formula is C16H29N3O. The average molecular weight is 279 g/mol. The Morgan fingerprint density at radius 3 is 2.75 bits per heavy atom. The van der Waals surface area contributed by atoms with E-state index in [-0.39, 0.29) is 0 Å². The number of nitrogens with one attached hydrogen (secondary N) is 1. The second kappa shape index (κ2) is 5.91. The molecule has 4 unspecified atom stereocenters. The number of rotatable bonds is 3. The van der Waals surface area contributed by atoms with Gasteiger partial charge in [-0.1, -0.05) is 0 Å². The highest BCUT2D eigenvalue weighted by Gasteiger charge is 2.34. The quantitative estimate of drug-likeness (QED) is 0.836. The van der Waals surface area contributed by atoms with Gasteiger partial charge in [-0.15, -0.1) is 0 Å². The van der Waals surface area contributed by atoms with Gasteiger partial charge in [0.15, 0.2) is 0 Å². The molecule has 20 heavy (non-hydrogen) atoms. The van der Waals surface area contributed by atoms with Gasteiger partial charge in [-0.3, -0.25) is 4.90 Å². The minimum atomic E-state index is 0.422. The lowest BCUT2D eigenvalue weighted by Gasteiger charge is -2.38. The van der Waals surface area contributed by atoms with E-state index in [4.69, 9.17) is 4.74 Å². The third-order valence-corrected chi connectivity index (χ3v) is 5.92. The third-order valence-electron chi connectivity index (χ3n) is 5.92. The molecule has 4 nitrogen and oxygen atoms in total. The third kappa shape index (κ3) is 2.76. The van der Waals surface area contributed by atoms with Crippen molar-refractivity contribution < 1.29 is 4.74 Å². The van der Waals surface area contributed by atoms with Crippen molar-refractivity contribution in [2.45, 2.75) is 62.8 Å². The SMILES string of the molecule is C1CC2CC(NCC3CN4CCCC4CO3)CCN2C1. The number of morpholine rings is 1. The first-order valence-electron chi connectivity index (χ1n) is 8.71. The second-order valence-electron chi connectivity index (χ2n) is 7.21. The molecule has 0 aromatic carbocycles. The lowest BCUT2D eigenvalue weighted by molar-refractivity contribution is -0.0486. The van der Waals surface area contributed by atoms with Gasteiger partial charge in [0.25, 0.3) is 0 Å². The maximum Gasteiger partial charge on any atom is 0.0827 e. The Balaban J connectivity index is 1.22. The van der Waals surface area contributed by atoms with E-state index >= 15 is 0 Å². The van der Waals surface area contributed by atoms with Gasteiger partial charge in [0, 0.05) is 31.2 Å². The number of hydrogen-bond acceptors (Lipinski definition) is 4. The minimum Gasteiger partial charge on any atom is -0.374 e. The fourth-order valence-corrected chi connectivity index (χ4v) is 4.72. The molecule has 0 aliphatic carbocycles. The molecule has 0 aromatic rings. The lowest BCUT2D eigenvalue weighted by atomic mass is 9.97. The summed E-state index contributed by atoms with van der Waals surface area (Å²) in [7, 11) is 0. The van der Waals surface area contributed by atoms with E-state index in [9.17, 15) is 0 Å². The number of ether oxygens (including phenoxy) is 1. The van der Waals surface area contributed by atoms with Crippen LogP contribution in [-0.2, 0) is 4.74 Å². The summed E-state index contributed by atoms with van der Waals surface area (Å²) in [5.41, 5.74) is 0. The number of piperidine rings is 1. The topological polar surface area (TPSA) is 27.7 Å². The predicted molar refractivity (Wildman–Crippen MR) is 80.0 cm³/mol. The Labute approximate surface area is 122 Å². The summed E-state index contributed by atoms with van der Waals surface area (Å²) < 4.78 is 6.05. The van der Waals surface area contributed by atoms with Crippen LogP contribution in [0.1, 0.15) is 38.5 Å². The largest absolute Gasteiger partial charge is 0.374 e. The van der Waals surface area contributed by atoms with Gasteiger partial charge < -0.3 is 15.0 Å². The van der Waals surface area contributed by atoms with Crippen LogP contribution in [0, 0.1) is 0 Å². The van der Waals surface area contributed by atoms with Crippen molar-refractivity contribution in [1.82, 2.24) is 15.1 Å². The first-order chi connectivity index (χ1) is 9.88. The van der Waals surface area contributed by atoms with Crippen LogP contribution in [0.25, 0.3) is 0 Å². The van der Waals surface area contributed by atoms with Crippen LogP contribution in [0.15, 0.2) is 0 Å². The second-order valence-corrected chi connectivity index (χ2v) is 7.21. The normalized spacial score (nSPS) is 42.6. The number of hydrogen-bond donors (Lipinski definition) is 1. The zero-order valence-corrected chi connectivity index (χ0v) is 12.6. The van der Waals surface area contributed by atoms with Crippen LogP contribution in [0.2, 0.25) is 0 Å².